The molecule has 0 aliphatic carbocycles. The van der Waals surface area contributed by atoms with Gasteiger partial charge in [-0.05, 0) is 28.8 Å². The van der Waals surface area contributed by atoms with E-state index in [4.69, 9.17) is 0 Å². The molecule has 0 saturated heterocycles. The van der Waals surface area contributed by atoms with E-state index < -0.39 is 0 Å². The van der Waals surface area contributed by atoms with Gasteiger partial charge in [-0.3, -0.25) is 0 Å². The van der Waals surface area contributed by atoms with E-state index in [0.29, 0.717) is 0 Å². The van der Waals surface area contributed by atoms with Gasteiger partial charge >= 0.3 is 5.78 Å². The largest absolute Gasteiger partial charge is 0.368 e. The first kappa shape index (κ1) is 17.7. The Balaban J connectivity index is 1.45. The minimum atomic E-state index is 0.824. The fraction of sp³-hybridized carbons (Fsp3) is 0.0357. The third-order valence-corrected chi connectivity index (χ3v) is 5.91. The molecule has 2 heterocycles. The molecule has 0 spiro atoms. The Labute approximate surface area is 180 Å². The van der Waals surface area contributed by atoms with Crippen molar-refractivity contribution >= 4 is 16.8 Å². The normalized spacial score (nSPS) is 11.4. The van der Waals surface area contributed by atoms with Gasteiger partial charge in [0.15, 0.2) is 0 Å². The highest BCUT2D eigenvalue weighted by Crippen LogP contribution is 2.26. The summed E-state index contributed by atoms with van der Waals surface area (Å²) in [4.78, 5) is 3.68. The first-order valence-electron chi connectivity index (χ1n) is 10.6. The number of aromatic amines is 1. The summed E-state index contributed by atoms with van der Waals surface area (Å²) in [5, 5.41) is 0. The zero-order chi connectivity index (χ0) is 20.6. The molecule has 3 nitrogen and oxygen atoms in total. The quantitative estimate of drug-likeness (QED) is 0.346. The van der Waals surface area contributed by atoms with E-state index in [2.05, 4.69) is 129 Å². The molecule has 0 aliphatic rings. The summed E-state index contributed by atoms with van der Waals surface area (Å²) in [7, 11) is 0. The molecule has 6 aromatic rings. The lowest BCUT2D eigenvalue weighted by Crippen LogP contribution is -2.34. The van der Waals surface area contributed by atoms with Crippen LogP contribution in [-0.2, 0) is 6.54 Å². The second kappa shape index (κ2) is 7.29. The Kier molecular flexibility index (Phi) is 4.17. The lowest BCUT2D eigenvalue weighted by atomic mass is 10.0. The van der Waals surface area contributed by atoms with E-state index in [1.807, 2.05) is 0 Å². The topological polar surface area (TPSA) is 24.1 Å². The number of benzene rings is 4. The van der Waals surface area contributed by atoms with E-state index in [-0.39, 0.29) is 0 Å². The first-order chi connectivity index (χ1) is 15.4. The highest BCUT2D eigenvalue weighted by Gasteiger charge is 2.21. The molecule has 0 unspecified atom stereocenters. The molecule has 4 aromatic carbocycles. The fourth-order valence-corrected chi connectivity index (χ4v) is 4.34. The minimum absolute atomic E-state index is 0.824. The molecule has 0 radical (unpaired) electrons. The van der Waals surface area contributed by atoms with Crippen molar-refractivity contribution in [1.29, 1.82) is 0 Å². The second-order valence-electron chi connectivity index (χ2n) is 7.87. The Morgan fingerprint density at radius 3 is 2.00 bits per heavy atom. The third-order valence-electron chi connectivity index (χ3n) is 5.91. The van der Waals surface area contributed by atoms with Crippen molar-refractivity contribution in [3.05, 3.63) is 121 Å². The number of hydrogen-bond acceptors (Lipinski definition) is 0. The molecular weight excluding hydrogens is 378 g/mol. The van der Waals surface area contributed by atoms with Crippen molar-refractivity contribution in [2.24, 2.45) is 0 Å². The van der Waals surface area contributed by atoms with Gasteiger partial charge in [0.25, 0.3) is 0 Å². The summed E-state index contributed by atoms with van der Waals surface area (Å²) in [6, 6.07) is 38.4. The number of imidazole rings is 2. The van der Waals surface area contributed by atoms with E-state index in [0.717, 1.165) is 18.0 Å². The molecule has 6 rings (SSSR count). The van der Waals surface area contributed by atoms with Gasteiger partial charge in [0.05, 0.1) is 6.54 Å². The molecule has 148 valence electrons. The lowest BCUT2D eigenvalue weighted by Gasteiger charge is -2.02. The van der Waals surface area contributed by atoms with Gasteiger partial charge in [0, 0.05) is 5.56 Å². The van der Waals surface area contributed by atoms with Crippen molar-refractivity contribution < 1.29 is 4.57 Å². The average molecular weight is 401 g/mol. The van der Waals surface area contributed by atoms with Gasteiger partial charge in [-0.15, -0.1) is 0 Å². The van der Waals surface area contributed by atoms with Crippen LogP contribution in [-0.4, -0.2) is 9.38 Å². The monoisotopic (exact) mass is 400 g/mol. The summed E-state index contributed by atoms with van der Waals surface area (Å²) in [5.74, 6) is 1.09. The molecule has 1 N–H and O–H groups in total. The smallest absolute Gasteiger partial charge is 0.241 e. The van der Waals surface area contributed by atoms with Gasteiger partial charge in [0.2, 0.25) is 0 Å². The molecule has 3 heteroatoms. The number of H-pyrrole nitrogens is 1. The van der Waals surface area contributed by atoms with Crippen LogP contribution < -0.4 is 4.57 Å². The maximum Gasteiger partial charge on any atom is 0.368 e. The minimum Gasteiger partial charge on any atom is -0.241 e. The van der Waals surface area contributed by atoms with E-state index in [1.54, 1.807) is 0 Å². The predicted octanol–water partition coefficient (Wildman–Crippen LogP) is 6.09. The Hall–Kier alpha value is -4.11. The zero-order valence-corrected chi connectivity index (χ0v) is 17.1. The Bertz CT molecular complexity index is 1470. The maximum absolute atomic E-state index is 3.68. The number of fused-ring (bicyclic) bond motifs is 3. The first-order valence-corrected chi connectivity index (χ1v) is 10.6. The van der Waals surface area contributed by atoms with Crippen LogP contribution in [0, 0.1) is 0 Å². The number of nitrogens with zero attached hydrogens (tertiary/aromatic N) is 2. The van der Waals surface area contributed by atoms with E-state index in [1.165, 1.54) is 33.3 Å². The summed E-state index contributed by atoms with van der Waals surface area (Å²) in [5.41, 5.74) is 8.47. The summed E-state index contributed by atoms with van der Waals surface area (Å²) in [6.07, 6.45) is 2.21. The van der Waals surface area contributed by atoms with Gasteiger partial charge in [-0.1, -0.05) is 97.1 Å². The van der Waals surface area contributed by atoms with Crippen LogP contribution in [0.4, 0.5) is 0 Å². The Morgan fingerprint density at radius 1 is 0.613 bits per heavy atom. The van der Waals surface area contributed by atoms with Crippen molar-refractivity contribution in [3.63, 3.8) is 0 Å². The van der Waals surface area contributed by atoms with Gasteiger partial charge < -0.3 is 0 Å². The molecule has 0 bridgehead atoms. The molecule has 0 amide bonds. The SMILES string of the molecule is c1ccc(C[n+]2c3ccccc3n3cc(-c4ccc(-c5ccccc5)cc4)[nH]c32)cc1. The van der Waals surface area contributed by atoms with Crippen LogP contribution in [0.3, 0.4) is 0 Å². The van der Waals surface area contributed by atoms with Crippen LogP contribution >= 0.6 is 0 Å². The second-order valence-corrected chi connectivity index (χ2v) is 7.87. The van der Waals surface area contributed by atoms with E-state index in [9.17, 15) is 0 Å². The summed E-state index contributed by atoms with van der Waals surface area (Å²) < 4.78 is 4.62. The van der Waals surface area contributed by atoms with Gasteiger partial charge in [0.1, 0.15) is 22.9 Å². The molecule has 31 heavy (non-hydrogen) atoms. The van der Waals surface area contributed by atoms with Crippen LogP contribution in [0.25, 0.3) is 39.2 Å². The zero-order valence-electron chi connectivity index (χ0n) is 17.1. The molecule has 0 aliphatic heterocycles. The highest BCUT2D eigenvalue weighted by atomic mass is 15.2. The average Bonchev–Trinajstić information content (AvgIpc) is 3.40. The molecule has 0 atom stereocenters. The molecular formula is C28H22N3+. The number of rotatable bonds is 4. The van der Waals surface area contributed by atoms with Gasteiger partial charge in [-0.25, -0.2) is 9.55 Å². The van der Waals surface area contributed by atoms with Crippen LogP contribution in [0.15, 0.2) is 115 Å². The van der Waals surface area contributed by atoms with Gasteiger partial charge in [-0.2, -0.15) is 4.40 Å². The lowest BCUT2D eigenvalue weighted by molar-refractivity contribution is -0.638. The Morgan fingerprint density at radius 2 is 1.23 bits per heavy atom. The number of nitrogens with one attached hydrogen (secondary N) is 1. The maximum atomic E-state index is 3.68. The van der Waals surface area contributed by atoms with Crippen molar-refractivity contribution in [3.8, 4) is 22.4 Å². The van der Waals surface area contributed by atoms with Crippen LogP contribution in [0.2, 0.25) is 0 Å². The standard InChI is InChI=1S/C28H21N3/c1-3-9-21(10-4-1)19-30-26-13-7-8-14-27(26)31-20-25(29-28(30)31)24-17-15-23(16-18-24)22-11-5-2-6-12-22/h1-18,20H,19H2/p+1. The van der Waals surface area contributed by atoms with Crippen molar-refractivity contribution in [2.45, 2.75) is 6.54 Å². The van der Waals surface area contributed by atoms with Crippen LogP contribution in [0.5, 0.6) is 0 Å². The molecule has 0 saturated carbocycles. The molecule has 0 fully saturated rings. The number of para-hydroxylation sites is 2. The highest BCUT2D eigenvalue weighted by molar-refractivity contribution is 5.77. The van der Waals surface area contributed by atoms with Crippen molar-refractivity contribution in [1.82, 2.24) is 9.38 Å². The van der Waals surface area contributed by atoms with Crippen LogP contribution in [0.1, 0.15) is 5.56 Å². The number of aromatic nitrogens is 3. The fourth-order valence-electron chi connectivity index (χ4n) is 4.34. The van der Waals surface area contributed by atoms with Crippen molar-refractivity contribution in [2.75, 3.05) is 0 Å². The summed E-state index contributed by atoms with van der Waals surface area (Å²) in [6.45, 7) is 0.824. The molecule has 2 aromatic heterocycles. The summed E-state index contributed by atoms with van der Waals surface area (Å²) >= 11 is 0. The van der Waals surface area contributed by atoms with E-state index >= 15 is 0 Å². The predicted molar refractivity (Wildman–Crippen MR) is 126 cm³/mol. The third kappa shape index (κ3) is 3.11. The number of hydrogen-bond donors (Lipinski definition) is 1.